The van der Waals surface area contributed by atoms with Gasteiger partial charge in [0, 0.05) is 42.6 Å². The summed E-state index contributed by atoms with van der Waals surface area (Å²) in [5.41, 5.74) is 3.65. The van der Waals surface area contributed by atoms with Gasteiger partial charge in [-0.05, 0) is 62.1 Å². The summed E-state index contributed by atoms with van der Waals surface area (Å²) in [6.07, 6.45) is 7.90. The van der Waals surface area contributed by atoms with Gasteiger partial charge < -0.3 is 15.0 Å². The highest BCUT2D eigenvalue weighted by Crippen LogP contribution is 2.48. The van der Waals surface area contributed by atoms with Gasteiger partial charge in [0.1, 0.15) is 0 Å². The molecule has 2 bridgehead atoms. The van der Waals surface area contributed by atoms with E-state index in [4.69, 9.17) is 0 Å². The number of nitrogens with zero attached hydrogens (tertiary/aromatic N) is 3. The van der Waals surface area contributed by atoms with Crippen LogP contribution in [0.3, 0.4) is 0 Å². The lowest BCUT2D eigenvalue weighted by molar-refractivity contribution is -0.127. The molecule has 3 aliphatic rings. The molecule has 1 saturated heterocycles. The number of rotatable bonds is 7. The highest BCUT2D eigenvalue weighted by atomic mass is 16.3. The minimum absolute atomic E-state index is 0.0384. The summed E-state index contributed by atoms with van der Waals surface area (Å²) in [6.45, 7) is 3.74. The number of aromatic nitrogens is 2. The summed E-state index contributed by atoms with van der Waals surface area (Å²) < 4.78 is 1.88. The maximum absolute atomic E-state index is 13.5. The first-order valence-corrected chi connectivity index (χ1v) is 12.1. The fraction of sp³-hybridized carbons (Fsp3) is 0.500. The van der Waals surface area contributed by atoms with Crippen molar-refractivity contribution in [1.82, 2.24) is 19.8 Å². The molecule has 2 aromatic rings. The zero-order valence-corrected chi connectivity index (χ0v) is 19.1. The summed E-state index contributed by atoms with van der Waals surface area (Å²) in [7, 11) is 0. The van der Waals surface area contributed by atoms with E-state index < -0.39 is 5.92 Å². The van der Waals surface area contributed by atoms with Crippen LogP contribution in [0.2, 0.25) is 0 Å². The van der Waals surface area contributed by atoms with Crippen LogP contribution < -0.4 is 10.9 Å². The summed E-state index contributed by atoms with van der Waals surface area (Å²) in [5.74, 6) is -0.726. The zero-order chi connectivity index (χ0) is 22.9. The van der Waals surface area contributed by atoms with Crippen molar-refractivity contribution in [2.75, 3.05) is 13.2 Å². The van der Waals surface area contributed by atoms with Gasteiger partial charge >= 0.3 is 0 Å². The molecule has 0 unspecified atom stereocenters. The molecular weight excluding hydrogens is 416 g/mol. The Bertz CT molecular complexity index is 1110. The molecule has 4 atom stereocenters. The van der Waals surface area contributed by atoms with Crippen LogP contribution in [0.15, 0.2) is 47.4 Å². The molecule has 0 aromatic carbocycles. The van der Waals surface area contributed by atoms with E-state index in [0.717, 1.165) is 54.8 Å². The number of carbonyl (C=O) groups excluding carboxylic acids is 1. The van der Waals surface area contributed by atoms with E-state index in [1.165, 1.54) is 0 Å². The van der Waals surface area contributed by atoms with Gasteiger partial charge in [-0.3, -0.25) is 19.5 Å². The Hall–Kier alpha value is -2.77. The Kier molecular flexibility index (Phi) is 6.17. The molecule has 33 heavy (non-hydrogen) atoms. The molecule has 0 radical (unpaired) electrons. The summed E-state index contributed by atoms with van der Waals surface area (Å²) >= 11 is 0. The molecule has 1 amide bonds. The largest absolute Gasteiger partial charge is 0.396 e. The van der Waals surface area contributed by atoms with Gasteiger partial charge in [-0.1, -0.05) is 19.1 Å². The molecule has 0 spiro atoms. The predicted octanol–water partition coefficient (Wildman–Crippen LogP) is 2.50. The van der Waals surface area contributed by atoms with Gasteiger partial charge in [-0.25, -0.2) is 0 Å². The molecule has 1 aliphatic carbocycles. The van der Waals surface area contributed by atoms with Crippen molar-refractivity contribution in [2.24, 2.45) is 11.8 Å². The number of amides is 1. The minimum Gasteiger partial charge on any atom is -0.396 e. The van der Waals surface area contributed by atoms with Crippen molar-refractivity contribution in [1.29, 1.82) is 0 Å². The van der Waals surface area contributed by atoms with Gasteiger partial charge in [0.15, 0.2) is 0 Å². The topological polar surface area (TPSA) is 87.5 Å². The highest BCUT2D eigenvalue weighted by Gasteiger charge is 2.55. The van der Waals surface area contributed by atoms with E-state index in [1.54, 1.807) is 6.20 Å². The summed E-state index contributed by atoms with van der Waals surface area (Å²) in [6, 6.07) is 9.36. The van der Waals surface area contributed by atoms with E-state index in [0.29, 0.717) is 13.1 Å². The van der Waals surface area contributed by atoms with E-state index in [9.17, 15) is 14.7 Å². The first-order chi connectivity index (χ1) is 16.1. The van der Waals surface area contributed by atoms with Crippen LogP contribution in [-0.4, -0.2) is 44.7 Å². The van der Waals surface area contributed by atoms with Crippen molar-refractivity contribution in [2.45, 2.75) is 57.8 Å². The standard InChI is InChI=1S/C26H32N4O3/c1-2-13-29-22-15-30-21(11-10-19(26(30)33)17-7-3-4-8-17)24(29)23(20(22)16-31)25(32)28-14-18-9-5-6-12-27-18/h5-7,9-12,20,22-24,31H,2-4,8,13-16H2,1H3,(H,28,32)/t20-,22-,23+,24+/m1/s1. The van der Waals surface area contributed by atoms with Crippen LogP contribution in [0, 0.1) is 11.8 Å². The molecular formula is C26H32N4O3. The monoisotopic (exact) mass is 448 g/mol. The first kappa shape index (κ1) is 22.0. The van der Waals surface area contributed by atoms with E-state index in [1.807, 2.05) is 34.9 Å². The maximum atomic E-state index is 13.5. The number of carbonyl (C=O) groups is 1. The SMILES string of the molecule is CCCN1[C@@H]2Cn3c(ccc(C4=CCCC4)c3=O)[C@H]1[C@@H](C(=O)NCc1ccccn1)[C@@H]2CO. The second kappa shape index (κ2) is 9.23. The van der Waals surface area contributed by atoms with Crippen molar-refractivity contribution in [3.8, 4) is 0 Å². The molecule has 5 rings (SSSR count). The summed E-state index contributed by atoms with van der Waals surface area (Å²) in [4.78, 5) is 33.6. The highest BCUT2D eigenvalue weighted by molar-refractivity contribution is 5.80. The number of nitrogens with one attached hydrogen (secondary N) is 1. The smallest absolute Gasteiger partial charge is 0.258 e. The average Bonchev–Trinajstić information content (AvgIpc) is 3.43. The van der Waals surface area contributed by atoms with Crippen molar-refractivity contribution < 1.29 is 9.90 Å². The molecule has 2 aliphatic heterocycles. The maximum Gasteiger partial charge on any atom is 0.258 e. The van der Waals surface area contributed by atoms with Crippen LogP contribution in [0.25, 0.3) is 5.57 Å². The van der Waals surface area contributed by atoms with Gasteiger partial charge in [0.05, 0.1) is 24.2 Å². The number of hydrogen-bond donors (Lipinski definition) is 2. The molecule has 2 N–H and O–H groups in total. The first-order valence-electron chi connectivity index (χ1n) is 12.1. The Labute approximate surface area is 194 Å². The number of allylic oxidation sites excluding steroid dienone is 2. The van der Waals surface area contributed by atoms with Crippen molar-refractivity contribution in [3.05, 3.63) is 69.9 Å². The second-order valence-corrected chi connectivity index (χ2v) is 9.37. The van der Waals surface area contributed by atoms with E-state index >= 15 is 0 Å². The third kappa shape index (κ3) is 3.83. The average molecular weight is 449 g/mol. The zero-order valence-electron chi connectivity index (χ0n) is 19.1. The Balaban J connectivity index is 1.50. The fourth-order valence-corrected chi connectivity index (χ4v) is 6.05. The number of hydrogen-bond acceptors (Lipinski definition) is 5. The van der Waals surface area contributed by atoms with Crippen molar-refractivity contribution in [3.63, 3.8) is 0 Å². The molecule has 0 saturated carbocycles. The molecule has 7 heteroatoms. The van der Waals surface area contributed by atoms with E-state index in [-0.39, 0.29) is 36.1 Å². The van der Waals surface area contributed by atoms with Crippen LogP contribution in [-0.2, 0) is 17.9 Å². The fourth-order valence-electron chi connectivity index (χ4n) is 6.05. The van der Waals surface area contributed by atoms with Crippen molar-refractivity contribution >= 4 is 11.5 Å². The lowest BCUT2D eigenvalue weighted by Gasteiger charge is -2.38. The van der Waals surface area contributed by atoms with Crippen LogP contribution in [0.5, 0.6) is 0 Å². The number of aliphatic hydroxyl groups excluding tert-OH is 1. The third-order valence-electron chi connectivity index (χ3n) is 7.51. The van der Waals surface area contributed by atoms with Gasteiger partial charge in [-0.2, -0.15) is 0 Å². The Morgan fingerprint density at radius 3 is 2.85 bits per heavy atom. The molecule has 2 aromatic heterocycles. The Morgan fingerprint density at radius 1 is 1.27 bits per heavy atom. The third-order valence-corrected chi connectivity index (χ3v) is 7.51. The predicted molar refractivity (Wildman–Crippen MR) is 126 cm³/mol. The van der Waals surface area contributed by atoms with Crippen LogP contribution in [0.4, 0.5) is 0 Å². The quantitative estimate of drug-likeness (QED) is 0.680. The molecule has 174 valence electrons. The lowest BCUT2D eigenvalue weighted by Crippen LogP contribution is -2.47. The number of pyridine rings is 2. The van der Waals surface area contributed by atoms with Gasteiger partial charge in [0.25, 0.3) is 5.56 Å². The van der Waals surface area contributed by atoms with Crippen LogP contribution in [0.1, 0.15) is 55.6 Å². The number of fused-ring (bicyclic) bond motifs is 4. The molecule has 1 fully saturated rings. The van der Waals surface area contributed by atoms with E-state index in [2.05, 4.69) is 28.2 Å². The van der Waals surface area contributed by atoms with Gasteiger partial charge in [-0.15, -0.1) is 0 Å². The molecule has 4 heterocycles. The summed E-state index contributed by atoms with van der Waals surface area (Å²) in [5, 5.41) is 13.4. The minimum atomic E-state index is -0.417. The lowest BCUT2D eigenvalue weighted by atomic mass is 9.86. The second-order valence-electron chi connectivity index (χ2n) is 9.37. The number of aliphatic hydroxyl groups is 1. The van der Waals surface area contributed by atoms with Crippen LogP contribution >= 0.6 is 0 Å². The molecule has 7 nitrogen and oxygen atoms in total. The van der Waals surface area contributed by atoms with Gasteiger partial charge in [0.2, 0.25) is 5.91 Å². The Morgan fingerprint density at radius 2 is 2.15 bits per heavy atom. The normalized spacial score (nSPS) is 26.2.